The number of ketones is 2. The normalized spacial score (nSPS) is 19.8. The van der Waals surface area contributed by atoms with Crippen LogP contribution in [0.2, 0.25) is 0 Å². The summed E-state index contributed by atoms with van der Waals surface area (Å²) in [4.78, 5) is 36.4. The van der Waals surface area contributed by atoms with Gasteiger partial charge in [-0.15, -0.1) is 0 Å². The van der Waals surface area contributed by atoms with Gasteiger partial charge >= 0.3 is 0 Å². The highest BCUT2D eigenvalue weighted by Gasteiger charge is 2.41. The van der Waals surface area contributed by atoms with Crippen molar-refractivity contribution in [2.45, 2.75) is 102 Å². The van der Waals surface area contributed by atoms with E-state index in [1.54, 1.807) is 12.1 Å². The SMILES string of the molecule is O=C1CCc2cc(c(O)c(OC3CCCC3)c2)Cc2ccc(CCO)c(c2)Cc2cc[nH]c2NCC2=Cc3[nH]ccc3C(CCCCc3cccc(O)c3)C2C(=O)C1CCO. The zero-order valence-electron chi connectivity index (χ0n) is 34.9. The lowest BCUT2D eigenvalue weighted by Crippen LogP contribution is -2.38. The molecule has 10 nitrogen and oxygen atoms in total. The first-order valence-corrected chi connectivity index (χ1v) is 22.2. The predicted molar refractivity (Wildman–Crippen MR) is 237 cm³/mol. The van der Waals surface area contributed by atoms with Crippen molar-refractivity contribution in [1.82, 2.24) is 9.97 Å². The molecule has 1 saturated carbocycles. The third-order valence-corrected chi connectivity index (χ3v) is 13.1. The lowest BCUT2D eigenvalue weighted by Gasteiger charge is -2.34. The summed E-state index contributed by atoms with van der Waals surface area (Å²) in [7, 11) is 0. The van der Waals surface area contributed by atoms with Gasteiger partial charge in [0, 0.05) is 68.6 Å². The average Bonchev–Trinajstić information content (AvgIpc) is 4.05. The first-order chi connectivity index (χ1) is 29.8. The highest BCUT2D eigenvalue weighted by molar-refractivity contribution is 6.05. The molecule has 3 heterocycles. The largest absolute Gasteiger partial charge is 0.508 e. The number of aliphatic hydroxyl groups is 2. The van der Waals surface area contributed by atoms with Crippen LogP contribution in [-0.4, -0.2) is 67.8 Å². The number of aliphatic hydroxyl groups excluding tert-OH is 2. The highest BCUT2D eigenvalue weighted by atomic mass is 16.5. The van der Waals surface area contributed by atoms with Gasteiger partial charge in [-0.05, 0) is 151 Å². The molecule has 0 amide bonds. The lowest BCUT2D eigenvalue weighted by atomic mass is 9.69. The monoisotopic (exact) mass is 825 g/mol. The van der Waals surface area contributed by atoms with Crippen molar-refractivity contribution in [2.24, 2.45) is 11.8 Å². The second-order valence-corrected chi connectivity index (χ2v) is 17.3. The van der Waals surface area contributed by atoms with Crippen LogP contribution in [0.3, 0.4) is 0 Å². The van der Waals surface area contributed by atoms with Crippen LogP contribution >= 0.6 is 0 Å². The van der Waals surface area contributed by atoms with E-state index >= 15 is 4.79 Å². The summed E-state index contributed by atoms with van der Waals surface area (Å²) in [5.41, 5.74) is 9.66. The minimum atomic E-state index is -0.992. The van der Waals surface area contributed by atoms with Gasteiger partial charge in [-0.3, -0.25) is 9.59 Å². The number of phenols is 2. The number of Topliss-reactive ketones (excluding diaryl/α,β-unsaturated/α-hetero) is 2. The molecule has 7 N–H and O–H groups in total. The number of hydrogen-bond acceptors (Lipinski definition) is 8. The first kappa shape index (κ1) is 42.1. The third-order valence-electron chi connectivity index (χ3n) is 13.1. The van der Waals surface area contributed by atoms with E-state index < -0.39 is 11.8 Å². The van der Waals surface area contributed by atoms with Gasteiger partial charge in [0.2, 0.25) is 0 Å². The summed E-state index contributed by atoms with van der Waals surface area (Å²) in [5, 5.41) is 45.7. The number of aromatic amines is 2. The summed E-state index contributed by atoms with van der Waals surface area (Å²) >= 11 is 0. The molecule has 3 aromatic carbocycles. The molecule has 5 aromatic rings. The number of aromatic hydroxyl groups is 2. The number of phenolic OH excluding ortho intramolecular Hbond substituents is 2. The fraction of sp³-hybridized carbons (Fsp3) is 0.412. The maximum Gasteiger partial charge on any atom is 0.161 e. The smallest absolute Gasteiger partial charge is 0.161 e. The van der Waals surface area contributed by atoms with Crippen LogP contribution in [0, 0.1) is 11.8 Å². The van der Waals surface area contributed by atoms with E-state index in [-0.39, 0.29) is 61.1 Å². The molecule has 0 spiro atoms. The van der Waals surface area contributed by atoms with Crippen molar-refractivity contribution in [1.29, 1.82) is 0 Å². The van der Waals surface area contributed by atoms with Gasteiger partial charge in [0.1, 0.15) is 17.4 Å². The van der Waals surface area contributed by atoms with E-state index in [0.717, 1.165) is 107 Å². The number of nitrogens with one attached hydrogen (secondary N) is 3. The number of aryl methyl sites for hydroxylation is 2. The van der Waals surface area contributed by atoms with Crippen LogP contribution in [0.5, 0.6) is 17.2 Å². The maximum atomic E-state index is 15.2. The van der Waals surface area contributed by atoms with Crippen molar-refractivity contribution in [2.75, 3.05) is 25.1 Å². The van der Waals surface area contributed by atoms with Crippen LogP contribution in [0.25, 0.3) is 6.08 Å². The van der Waals surface area contributed by atoms with Crippen LogP contribution in [0.15, 0.2) is 84.7 Å². The van der Waals surface area contributed by atoms with Crippen molar-refractivity contribution in [3.63, 3.8) is 0 Å². The molecule has 1 fully saturated rings. The Labute approximate surface area is 358 Å². The molecular formula is C51H59N3O7. The molecule has 320 valence electrons. The molecule has 1 aliphatic heterocycles. The number of carbonyl (C=O) groups is 2. The molecule has 61 heavy (non-hydrogen) atoms. The topological polar surface area (TPSA) is 168 Å². The Morgan fingerprint density at radius 2 is 1.59 bits per heavy atom. The summed E-state index contributed by atoms with van der Waals surface area (Å²) in [6.07, 6.45) is 15.2. The van der Waals surface area contributed by atoms with Gasteiger partial charge in [0.25, 0.3) is 0 Å². The Hall–Kier alpha value is -5.58. The zero-order valence-corrected chi connectivity index (χ0v) is 34.9. The number of fused-ring (bicyclic) bond motifs is 7. The molecule has 3 aliphatic rings. The number of ether oxygens (including phenoxy) is 1. The molecule has 2 aliphatic carbocycles. The lowest BCUT2D eigenvalue weighted by molar-refractivity contribution is -0.135. The predicted octanol–water partition coefficient (Wildman–Crippen LogP) is 8.50. The molecule has 3 unspecified atom stereocenters. The van der Waals surface area contributed by atoms with Gasteiger partial charge < -0.3 is 40.4 Å². The molecule has 8 rings (SSSR count). The number of hydrogen-bond donors (Lipinski definition) is 7. The maximum absolute atomic E-state index is 15.2. The Balaban J connectivity index is 1.17. The van der Waals surface area contributed by atoms with E-state index in [0.29, 0.717) is 43.5 Å². The van der Waals surface area contributed by atoms with E-state index in [1.807, 2.05) is 42.7 Å². The summed E-state index contributed by atoms with van der Waals surface area (Å²) in [6.45, 7) is 0.0920. The van der Waals surface area contributed by atoms with Crippen LogP contribution in [0.1, 0.15) is 114 Å². The molecule has 10 heteroatoms. The second kappa shape index (κ2) is 19.4. The van der Waals surface area contributed by atoms with Gasteiger partial charge in [0.15, 0.2) is 17.3 Å². The van der Waals surface area contributed by atoms with Crippen LogP contribution in [0.4, 0.5) is 5.82 Å². The fourth-order valence-electron chi connectivity index (χ4n) is 10.0. The minimum absolute atomic E-state index is 0.0168. The number of unbranched alkanes of at least 4 members (excludes halogenated alkanes) is 1. The Morgan fingerprint density at radius 3 is 2.41 bits per heavy atom. The number of aromatic nitrogens is 2. The van der Waals surface area contributed by atoms with Crippen molar-refractivity contribution in [3.05, 3.63) is 135 Å². The Kier molecular flexibility index (Phi) is 13.4. The number of carbonyl (C=O) groups excluding carboxylic acids is 2. The van der Waals surface area contributed by atoms with Crippen LogP contribution < -0.4 is 10.1 Å². The summed E-state index contributed by atoms with van der Waals surface area (Å²) in [6, 6.07) is 21.5. The van der Waals surface area contributed by atoms with E-state index in [1.165, 1.54) is 0 Å². The quantitative estimate of drug-likeness (QED) is 0.0514. The standard InChI is InChI=1S/C51H59N3O7/c55-22-18-35-14-12-33-24-37(35)29-36-16-20-53-51(36)54-31-39-30-45-42(17-21-52-45)43(11-4-1-6-32-7-5-8-40(57)27-32)48(39)50(60)44(19-23-56)46(58)15-13-34-26-38(25-33)49(59)47(28-34)61-41-9-2-3-10-41/h5,7-8,12,14,16-17,20-21,24,26-28,30,41,43-44,48,52-57,59H,1-4,6,9-11,13,15,18-19,22-23,25,29,31H2. The van der Waals surface area contributed by atoms with Crippen LogP contribution in [-0.2, 0) is 41.7 Å². The number of rotatable bonds is 11. The van der Waals surface area contributed by atoms with Crippen molar-refractivity contribution < 1.29 is 34.8 Å². The molecule has 0 radical (unpaired) electrons. The minimum Gasteiger partial charge on any atom is -0.508 e. The highest BCUT2D eigenvalue weighted by Crippen LogP contribution is 2.44. The van der Waals surface area contributed by atoms with Gasteiger partial charge in [-0.25, -0.2) is 0 Å². The van der Waals surface area contributed by atoms with Gasteiger partial charge in [-0.2, -0.15) is 0 Å². The third kappa shape index (κ3) is 9.82. The van der Waals surface area contributed by atoms with Gasteiger partial charge in [-0.1, -0.05) is 42.8 Å². The van der Waals surface area contributed by atoms with E-state index in [4.69, 9.17) is 4.74 Å². The Bertz CT molecular complexity index is 2350. The number of H-pyrrole nitrogens is 2. The second-order valence-electron chi connectivity index (χ2n) is 17.3. The Morgan fingerprint density at radius 1 is 0.754 bits per heavy atom. The molecule has 3 atom stereocenters. The summed E-state index contributed by atoms with van der Waals surface area (Å²) in [5.74, 6) is -0.545. The average molecular weight is 826 g/mol. The zero-order chi connectivity index (χ0) is 42.3. The van der Waals surface area contributed by atoms with Gasteiger partial charge in [0.05, 0.1) is 12.0 Å². The van der Waals surface area contributed by atoms with E-state index in [9.17, 15) is 25.2 Å². The molecule has 2 aromatic heterocycles. The number of benzene rings is 3. The fourth-order valence-corrected chi connectivity index (χ4v) is 10.0. The molecule has 4 bridgehead atoms. The molecule has 0 saturated heterocycles. The van der Waals surface area contributed by atoms with E-state index in [2.05, 4.69) is 45.6 Å². The molecular weight excluding hydrogens is 767 g/mol. The van der Waals surface area contributed by atoms with Crippen molar-refractivity contribution in [3.8, 4) is 17.2 Å². The summed E-state index contributed by atoms with van der Waals surface area (Å²) < 4.78 is 6.44. The number of anilines is 1. The first-order valence-electron chi connectivity index (χ1n) is 22.2. The van der Waals surface area contributed by atoms with Crippen molar-refractivity contribution >= 4 is 23.5 Å².